The maximum Gasteiger partial charge on any atom is 0.190 e. The molecule has 2 aromatic rings. The van der Waals surface area contributed by atoms with Gasteiger partial charge in [0.15, 0.2) is 17.9 Å². The van der Waals surface area contributed by atoms with Crippen LogP contribution in [0.1, 0.15) is 47.1 Å². The van der Waals surface area contributed by atoms with Crippen LogP contribution in [0.15, 0.2) is 66.2 Å². The first kappa shape index (κ1) is 18.8. The third kappa shape index (κ3) is 3.03. The second-order valence-corrected chi connectivity index (χ2v) is 8.40. The molecule has 1 aliphatic heterocycles. The third-order valence-corrected chi connectivity index (χ3v) is 5.82. The van der Waals surface area contributed by atoms with Gasteiger partial charge in [0, 0.05) is 27.5 Å². The van der Waals surface area contributed by atoms with E-state index < -0.39 is 11.7 Å². The average molecular weight is 376 g/mol. The molecule has 0 unspecified atom stereocenters. The van der Waals surface area contributed by atoms with Gasteiger partial charge in [0.25, 0.3) is 0 Å². The highest BCUT2D eigenvalue weighted by Crippen LogP contribution is 2.41. The van der Waals surface area contributed by atoms with Crippen LogP contribution in [0.4, 0.5) is 0 Å². The van der Waals surface area contributed by atoms with Crippen molar-refractivity contribution in [3.63, 3.8) is 0 Å². The van der Waals surface area contributed by atoms with Gasteiger partial charge in [-0.25, -0.2) is 0 Å². The fourth-order valence-electron chi connectivity index (χ4n) is 3.95. The van der Waals surface area contributed by atoms with E-state index in [1.54, 1.807) is 24.3 Å². The van der Waals surface area contributed by atoms with Gasteiger partial charge in [0.2, 0.25) is 0 Å². The number of carbonyl (C=O) groups excluding carboxylic acids is 2. The molecule has 0 saturated carbocycles. The van der Waals surface area contributed by atoms with E-state index in [0.29, 0.717) is 29.9 Å². The first-order chi connectivity index (χ1) is 13.3. The van der Waals surface area contributed by atoms with Gasteiger partial charge in [0.1, 0.15) is 0 Å². The number of benzene rings is 2. The van der Waals surface area contributed by atoms with E-state index in [0.717, 1.165) is 5.56 Å². The summed E-state index contributed by atoms with van der Waals surface area (Å²) in [7, 11) is 0. The molecule has 4 rings (SSSR count). The molecule has 28 heavy (non-hydrogen) atoms. The molecular formula is C24H24O4. The Labute approximate surface area is 165 Å². The molecule has 144 valence electrons. The summed E-state index contributed by atoms with van der Waals surface area (Å²) in [6, 6.07) is 17.1. The Bertz CT molecular complexity index is 948. The molecule has 0 radical (unpaired) electrons. The van der Waals surface area contributed by atoms with Crippen molar-refractivity contribution in [2.45, 2.75) is 32.5 Å². The minimum atomic E-state index is -0.752. The number of fused-ring (bicyclic) bond motifs is 1. The number of carbonyl (C=O) groups is 2. The summed E-state index contributed by atoms with van der Waals surface area (Å²) in [4.78, 5) is 25.6. The van der Waals surface area contributed by atoms with Crippen LogP contribution in [0.5, 0.6) is 0 Å². The van der Waals surface area contributed by atoms with E-state index in [9.17, 15) is 9.59 Å². The van der Waals surface area contributed by atoms with Crippen LogP contribution in [-0.2, 0) is 14.9 Å². The van der Waals surface area contributed by atoms with Crippen LogP contribution >= 0.6 is 0 Å². The van der Waals surface area contributed by atoms with Crippen LogP contribution in [0.2, 0.25) is 0 Å². The lowest BCUT2D eigenvalue weighted by atomic mass is 9.74. The number of ether oxygens (including phenoxy) is 2. The molecule has 4 nitrogen and oxygen atoms in total. The molecule has 0 aromatic heterocycles. The van der Waals surface area contributed by atoms with Crippen molar-refractivity contribution in [1.29, 1.82) is 0 Å². The Kier molecular flexibility index (Phi) is 4.56. The van der Waals surface area contributed by atoms with E-state index in [-0.39, 0.29) is 17.0 Å². The number of allylic oxidation sites excluding steroid dienone is 1. The summed E-state index contributed by atoms with van der Waals surface area (Å²) in [5, 5.41) is 0. The highest BCUT2D eigenvalue weighted by atomic mass is 16.7. The Hall–Kier alpha value is -2.56. The second kappa shape index (κ2) is 6.80. The van der Waals surface area contributed by atoms with E-state index in [1.165, 1.54) is 6.08 Å². The number of hydrogen-bond acceptors (Lipinski definition) is 4. The largest absolute Gasteiger partial charge is 0.351 e. The molecule has 0 amide bonds. The van der Waals surface area contributed by atoms with Crippen LogP contribution in [0.3, 0.4) is 0 Å². The van der Waals surface area contributed by atoms with Crippen molar-refractivity contribution in [3.8, 4) is 0 Å². The van der Waals surface area contributed by atoms with Crippen molar-refractivity contribution in [3.05, 3.63) is 82.9 Å². The van der Waals surface area contributed by atoms with Gasteiger partial charge in [-0.3, -0.25) is 9.59 Å². The molecule has 0 bridgehead atoms. The molecule has 4 heteroatoms. The molecule has 2 aliphatic rings. The summed E-state index contributed by atoms with van der Waals surface area (Å²) >= 11 is 0. The highest BCUT2D eigenvalue weighted by molar-refractivity contribution is 6.24. The van der Waals surface area contributed by atoms with E-state index in [4.69, 9.17) is 9.47 Å². The fourth-order valence-corrected chi connectivity index (χ4v) is 3.95. The molecule has 0 N–H and O–H groups in total. The van der Waals surface area contributed by atoms with Crippen molar-refractivity contribution < 1.29 is 19.1 Å². The first-order valence-corrected chi connectivity index (χ1v) is 9.52. The van der Waals surface area contributed by atoms with Crippen LogP contribution in [-0.4, -0.2) is 31.1 Å². The van der Waals surface area contributed by atoms with Gasteiger partial charge in [-0.2, -0.15) is 0 Å². The lowest BCUT2D eigenvalue weighted by Gasteiger charge is -2.44. The molecule has 0 spiro atoms. The minimum Gasteiger partial charge on any atom is -0.351 e. The normalized spacial score (nSPS) is 25.2. The summed E-state index contributed by atoms with van der Waals surface area (Å²) in [6.07, 6.45) is 0.847. The SMILES string of the molecule is CC1(c2ccccc2)COC(C(C)(C)C2=CC(=O)c3ccccc3C2=O)OC1. The standard InChI is InChI=1S/C24H24O4/c1-23(2,19-13-20(25)17-11-7-8-12-18(17)21(19)26)22-27-14-24(3,15-28-22)16-9-5-4-6-10-16/h4-13,22H,14-15H2,1-3H3. The number of Topliss-reactive ketones (excluding diaryl/α,β-unsaturated/α-hetero) is 1. The topological polar surface area (TPSA) is 52.6 Å². The minimum absolute atomic E-state index is 0.135. The van der Waals surface area contributed by atoms with Crippen LogP contribution in [0, 0.1) is 5.41 Å². The third-order valence-electron chi connectivity index (χ3n) is 5.82. The maximum atomic E-state index is 13.1. The van der Waals surface area contributed by atoms with Gasteiger partial charge in [-0.1, -0.05) is 75.4 Å². The zero-order valence-electron chi connectivity index (χ0n) is 16.4. The predicted molar refractivity (Wildman–Crippen MR) is 106 cm³/mol. The van der Waals surface area contributed by atoms with Crippen LogP contribution < -0.4 is 0 Å². The number of rotatable bonds is 3. The molecule has 1 aliphatic carbocycles. The molecule has 0 atom stereocenters. The highest BCUT2D eigenvalue weighted by Gasteiger charge is 2.45. The molecule has 1 saturated heterocycles. The van der Waals surface area contributed by atoms with Gasteiger partial charge in [0.05, 0.1) is 13.2 Å². The van der Waals surface area contributed by atoms with E-state index >= 15 is 0 Å². The molecular weight excluding hydrogens is 352 g/mol. The lowest BCUT2D eigenvalue weighted by Crippen LogP contribution is -2.49. The van der Waals surface area contributed by atoms with Gasteiger partial charge >= 0.3 is 0 Å². The second-order valence-electron chi connectivity index (χ2n) is 8.40. The molecule has 1 heterocycles. The predicted octanol–water partition coefficient (Wildman–Crippen LogP) is 4.35. The van der Waals surface area contributed by atoms with Crippen molar-refractivity contribution in [2.24, 2.45) is 5.41 Å². The first-order valence-electron chi connectivity index (χ1n) is 9.52. The number of hydrogen-bond donors (Lipinski definition) is 0. The van der Waals surface area contributed by atoms with Gasteiger partial charge in [-0.15, -0.1) is 0 Å². The summed E-state index contributed by atoms with van der Waals surface area (Å²) in [6.45, 7) is 6.87. The fraction of sp³-hybridized carbons (Fsp3) is 0.333. The van der Waals surface area contributed by atoms with E-state index in [2.05, 4.69) is 19.1 Å². The summed E-state index contributed by atoms with van der Waals surface area (Å²) in [5.74, 6) is -0.285. The number of ketones is 2. The van der Waals surface area contributed by atoms with Gasteiger partial charge in [-0.05, 0) is 11.6 Å². The van der Waals surface area contributed by atoms with E-state index in [1.807, 2.05) is 32.0 Å². The summed E-state index contributed by atoms with van der Waals surface area (Å²) in [5.41, 5.74) is 1.49. The van der Waals surface area contributed by atoms with Crippen molar-refractivity contribution in [2.75, 3.05) is 13.2 Å². The Morgan fingerprint density at radius 1 is 0.893 bits per heavy atom. The zero-order chi connectivity index (χ0) is 19.9. The molecule has 2 aromatic carbocycles. The quantitative estimate of drug-likeness (QED) is 0.799. The lowest BCUT2D eigenvalue weighted by molar-refractivity contribution is -0.242. The Morgan fingerprint density at radius 3 is 2.11 bits per heavy atom. The summed E-state index contributed by atoms with van der Waals surface area (Å²) < 4.78 is 12.2. The Balaban J connectivity index is 1.57. The van der Waals surface area contributed by atoms with Gasteiger partial charge < -0.3 is 9.47 Å². The van der Waals surface area contributed by atoms with Crippen molar-refractivity contribution in [1.82, 2.24) is 0 Å². The zero-order valence-corrected chi connectivity index (χ0v) is 16.4. The monoisotopic (exact) mass is 376 g/mol. The maximum absolute atomic E-state index is 13.1. The smallest absolute Gasteiger partial charge is 0.190 e. The molecule has 1 fully saturated rings. The Morgan fingerprint density at radius 2 is 1.46 bits per heavy atom. The van der Waals surface area contributed by atoms with Crippen molar-refractivity contribution >= 4 is 11.6 Å². The van der Waals surface area contributed by atoms with Crippen LogP contribution in [0.25, 0.3) is 0 Å². The average Bonchev–Trinajstić information content (AvgIpc) is 2.71.